The van der Waals surface area contributed by atoms with Crippen molar-refractivity contribution in [3.8, 4) is 12.0 Å². The smallest absolute Gasteiger partial charge is 0.426 e. The van der Waals surface area contributed by atoms with Crippen molar-refractivity contribution in [1.82, 2.24) is 0 Å². The second kappa shape index (κ2) is 6.97. The summed E-state index contributed by atoms with van der Waals surface area (Å²) in [5.41, 5.74) is 0.566. The molecule has 0 atom stereocenters. The lowest BCUT2D eigenvalue weighted by molar-refractivity contribution is 0.0600. The zero-order valence-electron chi connectivity index (χ0n) is 13.3. The third kappa shape index (κ3) is 5.15. The van der Waals surface area contributed by atoms with Crippen molar-refractivity contribution >= 4 is 11.8 Å². The highest BCUT2D eigenvalue weighted by Crippen LogP contribution is 2.18. The van der Waals surface area contributed by atoms with Crippen LogP contribution in [0, 0.1) is 17.8 Å². The van der Waals surface area contributed by atoms with Crippen LogP contribution in [0.3, 0.4) is 0 Å². The Morgan fingerprint density at radius 1 is 1.04 bits per heavy atom. The van der Waals surface area contributed by atoms with Crippen LogP contribution in [-0.2, 0) is 4.74 Å². The van der Waals surface area contributed by atoms with Gasteiger partial charge in [-0.15, -0.1) is 0 Å². The summed E-state index contributed by atoms with van der Waals surface area (Å²) in [5, 5.41) is 0. The van der Waals surface area contributed by atoms with Gasteiger partial charge in [0.1, 0.15) is 11.4 Å². The molecule has 23 heavy (non-hydrogen) atoms. The minimum Gasteiger partial charge on any atom is -0.443 e. The van der Waals surface area contributed by atoms with Crippen LogP contribution < -0.4 is 4.90 Å². The first kappa shape index (κ1) is 16.6. The molecule has 0 radical (unpaired) electrons. The van der Waals surface area contributed by atoms with E-state index in [0.717, 1.165) is 5.56 Å². The van der Waals surface area contributed by atoms with Gasteiger partial charge >= 0.3 is 6.09 Å². The van der Waals surface area contributed by atoms with E-state index in [4.69, 9.17) is 4.74 Å². The maximum absolute atomic E-state index is 13.1. The molecule has 118 valence electrons. The quantitative estimate of drug-likeness (QED) is 0.570. The highest BCUT2D eigenvalue weighted by Gasteiger charge is 2.22. The SMILES string of the molecule is CC(C)(C)OC(=O)N(C#Cc1ccccc1)c1ccc(F)cc1. The van der Waals surface area contributed by atoms with E-state index in [1.807, 2.05) is 30.3 Å². The Kier molecular flexibility index (Phi) is 5.02. The van der Waals surface area contributed by atoms with Gasteiger partial charge in [0.25, 0.3) is 0 Å². The van der Waals surface area contributed by atoms with E-state index in [0.29, 0.717) is 5.69 Å². The van der Waals surface area contributed by atoms with Gasteiger partial charge in [-0.3, -0.25) is 0 Å². The molecule has 4 heteroatoms. The van der Waals surface area contributed by atoms with E-state index in [9.17, 15) is 9.18 Å². The van der Waals surface area contributed by atoms with Crippen LogP contribution >= 0.6 is 0 Å². The van der Waals surface area contributed by atoms with E-state index in [2.05, 4.69) is 12.0 Å². The molecule has 0 heterocycles. The molecule has 0 N–H and O–H groups in total. The number of rotatable bonds is 1. The molecule has 0 aromatic heterocycles. The summed E-state index contributed by atoms with van der Waals surface area (Å²) in [5.74, 6) is 2.53. The van der Waals surface area contributed by atoms with Crippen molar-refractivity contribution in [3.63, 3.8) is 0 Å². The van der Waals surface area contributed by atoms with Crippen LogP contribution in [0.4, 0.5) is 14.9 Å². The summed E-state index contributed by atoms with van der Waals surface area (Å²) >= 11 is 0. The molecule has 0 spiro atoms. The Morgan fingerprint density at radius 3 is 2.22 bits per heavy atom. The van der Waals surface area contributed by atoms with E-state index < -0.39 is 11.7 Å². The number of nitrogens with zero attached hydrogens (tertiary/aromatic N) is 1. The average Bonchev–Trinajstić information content (AvgIpc) is 2.48. The van der Waals surface area contributed by atoms with Crippen LogP contribution in [0.2, 0.25) is 0 Å². The van der Waals surface area contributed by atoms with Gasteiger partial charge in [0, 0.05) is 11.6 Å². The predicted molar refractivity (Wildman–Crippen MR) is 88.4 cm³/mol. The van der Waals surface area contributed by atoms with Crippen LogP contribution in [0.15, 0.2) is 54.6 Å². The Bertz CT molecular complexity index is 722. The van der Waals surface area contributed by atoms with Crippen LogP contribution in [0.25, 0.3) is 0 Å². The molecule has 1 amide bonds. The first-order chi connectivity index (χ1) is 10.8. The first-order valence-electron chi connectivity index (χ1n) is 7.20. The van der Waals surface area contributed by atoms with Gasteiger partial charge < -0.3 is 4.74 Å². The largest absolute Gasteiger partial charge is 0.443 e. The maximum Gasteiger partial charge on any atom is 0.426 e. The number of hydrogen-bond donors (Lipinski definition) is 0. The summed E-state index contributed by atoms with van der Waals surface area (Å²) in [4.78, 5) is 13.6. The van der Waals surface area contributed by atoms with Crippen molar-refractivity contribution in [2.45, 2.75) is 26.4 Å². The zero-order chi connectivity index (χ0) is 16.9. The molecule has 2 aromatic carbocycles. The van der Waals surface area contributed by atoms with Crippen molar-refractivity contribution in [2.75, 3.05) is 4.90 Å². The Hall–Kier alpha value is -2.80. The maximum atomic E-state index is 13.1. The van der Waals surface area contributed by atoms with Gasteiger partial charge in [0.15, 0.2) is 0 Å². The second-order valence-corrected chi connectivity index (χ2v) is 5.89. The number of benzene rings is 2. The standard InChI is InChI=1S/C19H18FNO2/c1-19(2,3)23-18(22)21(17-11-9-16(20)10-12-17)14-13-15-7-5-4-6-8-15/h4-12H,1-3H3. The normalized spacial score (nSPS) is 10.4. The monoisotopic (exact) mass is 311 g/mol. The fourth-order valence-electron chi connectivity index (χ4n) is 1.76. The molecule has 0 aliphatic heterocycles. The minimum atomic E-state index is -0.649. The number of ether oxygens (including phenoxy) is 1. The molecule has 0 fully saturated rings. The molecule has 0 aliphatic carbocycles. The van der Waals surface area contributed by atoms with E-state index in [1.165, 1.54) is 29.2 Å². The summed E-state index contributed by atoms with van der Waals surface area (Å²) in [6.45, 7) is 5.33. The Labute approximate surface area is 135 Å². The fourth-order valence-corrected chi connectivity index (χ4v) is 1.76. The Balaban J connectivity index is 2.33. The minimum absolute atomic E-state index is 0.381. The number of amides is 1. The number of carbonyl (C=O) groups is 1. The van der Waals surface area contributed by atoms with Crippen molar-refractivity contribution in [3.05, 3.63) is 66.0 Å². The summed E-state index contributed by atoms with van der Waals surface area (Å²) in [6, 6.07) is 17.6. The molecule has 0 unspecified atom stereocenters. The van der Waals surface area contributed by atoms with Crippen molar-refractivity contribution < 1.29 is 13.9 Å². The molecular weight excluding hydrogens is 293 g/mol. The highest BCUT2D eigenvalue weighted by atomic mass is 19.1. The molecule has 0 saturated carbocycles. The van der Waals surface area contributed by atoms with E-state index in [1.54, 1.807) is 20.8 Å². The molecule has 3 nitrogen and oxygen atoms in total. The number of halogens is 1. The molecule has 2 aromatic rings. The van der Waals surface area contributed by atoms with Gasteiger partial charge in [-0.2, -0.15) is 0 Å². The summed E-state index contributed by atoms with van der Waals surface area (Å²) in [7, 11) is 0. The van der Waals surface area contributed by atoms with Gasteiger partial charge in [0.05, 0.1) is 5.69 Å². The van der Waals surface area contributed by atoms with E-state index in [-0.39, 0.29) is 5.82 Å². The third-order valence-corrected chi connectivity index (χ3v) is 2.75. The first-order valence-corrected chi connectivity index (χ1v) is 7.20. The summed E-state index contributed by atoms with van der Waals surface area (Å²) in [6.07, 6.45) is -0.604. The van der Waals surface area contributed by atoms with Gasteiger partial charge in [-0.25, -0.2) is 14.1 Å². The fraction of sp³-hybridized carbons (Fsp3) is 0.211. The lowest BCUT2D eigenvalue weighted by Gasteiger charge is -2.23. The molecular formula is C19H18FNO2. The van der Waals surface area contributed by atoms with Crippen molar-refractivity contribution in [1.29, 1.82) is 0 Å². The summed E-state index contributed by atoms with van der Waals surface area (Å²) < 4.78 is 18.5. The molecule has 0 bridgehead atoms. The van der Waals surface area contributed by atoms with Crippen molar-refractivity contribution in [2.24, 2.45) is 0 Å². The van der Waals surface area contributed by atoms with Crippen LogP contribution in [0.5, 0.6) is 0 Å². The van der Waals surface area contributed by atoms with Gasteiger partial charge in [-0.1, -0.05) is 18.2 Å². The topological polar surface area (TPSA) is 29.5 Å². The van der Waals surface area contributed by atoms with Crippen LogP contribution in [-0.4, -0.2) is 11.7 Å². The molecule has 0 aliphatic rings. The lowest BCUT2D eigenvalue weighted by atomic mass is 10.2. The van der Waals surface area contributed by atoms with Gasteiger partial charge in [0.2, 0.25) is 0 Å². The second-order valence-electron chi connectivity index (χ2n) is 5.89. The Morgan fingerprint density at radius 2 is 1.65 bits per heavy atom. The molecule has 0 saturated heterocycles. The lowest BCUT2D eigenvalue weighted by Crippen LogP contribution is -2.34. The average molecular weight is 311 g/mol. The number of anilines is 1. The highest BCUT2D eigenvalue weighted by molar-refractivity contribution is 5.91. The zero-order valence-corrected chi connectivity index (χ0v) is 13.3. The van der Waals surface area contributed by atoms with Gasteiger partial charge in [-0.05, 0) is 63.1 Å². The number of hydrogen-bond acceptors (Lipinski definition) is 2. The number of carbonyl (C=O) groups excluding carboxylic acids is 1. The molecule has 2 rings (SSSR count). The van der Waals surface area contributed by atoms with Crippen LogP contribution in [0.1, 0.15) is 26.3 Å². The predicted octanol–water partition coefficient (Wildman–Crippen LogP) is 4.58. The third-order valence-electron chi connectivity index (χ3n) is 2.75. The van der Waals surface area contributed by atoms with E-state index >= 15 is 0 Å².